The minimum Gasteiger partial charge on any atom is -0.478 e. The van der Waals surface area contributed by atoms with Gasteiger partial charge in [0.15, 0.2) is 0 Å². The van der Waals surface area contributed by atoms with Crippen molar-refractivity contribution in [2.24, 2.45) is 0 Å². The van der Waals surface area contributed by atoms with E-state index in [9.17, 15) is 9.59 Å². The Morgan fingerprint density at radius 2 is 2.20 bits per heavy atom. The summed E-state index contributed by atoms with van der Waals surface area (Å²) >= 11 is 1.49. The Hall–Kier alpha value is -2.21. The van der Waals surface area contributed by atoms with Crippen molar-refractivity contribution >= 4 is 23.4 Å². The van der Waals surface area contributed by atoms with E-state index in [0.717, 1.165) is 16.5 Å². The number of rotatable bonds is 4. The number of nitrogens with zero attached hydrogens (tertiary/aromatic N) is 2. The Labute approximate surface area is 119 Å². The molecule has 6 heteroatoms. The molecular formula is C14H14N2O3S. The molecule has 0 unspecified atom stereocenters. The second-order valence-electron chi connectivity index (χ2n) is 4.39. The van der Waals surface area contributed by atoms with Crippen molar-refractivity contribution in [2.45, 2.75) is 20.4 Å². The fourth-order valence-corrected chi connectivity index (χ4v) is 2.69. The van der Waals surface area contributed by atoms with Gasteiger partial charge in [0.05, 0.1) is 6.54 Å². The molecule has 20 heavy (non-hydrogen) atoms. The van der Waals surface area contributed by atoms with Gasteiger partial charge in [-0.15, -0.1) is 11.3 Å². The first-order chi connectivity index (χ1) is 9.45. The van der Waals surface area contributed by atoms with E-state index in [2.05, 4.69) is 4.98 Å². The summed E-state index contributed by atoms with van der Waals surface area (Å²) in [6, 6.07) is 3.38. The Bertz CT molecular complexity index is 728. The molecule has 0 saturated heterocycles. The normalized spacial score (nSPS) is 11.1. The van der Waals surface area contributed by atoms with Crippen molar-refractivity contribution in [1.82, 2.24) is 9.55 Å². The lowest BCUT2D eigenvalue weighted by molar-refractivity contribution is -0.131. The van der Waals surface area contributed by atoms with Gasteiger partial charge in [0.25, 0.3) is 5.56 Å². The van der Waals surface area contributed by atoms with Gasteiger partial charge >= 0.3 is 5.97 Å². The molecule has 0 fully saturated rings. The monoisotopic (exact) mass is 290 g/mol. The SMILES string of the molecule is Cc1cc(=O)n(Cc2cc(C=CC(=O)O)cs2)c(C)n1. The zero-order valence-corrected chi connectivity index (χ0v) is 12.0. The van der Waals surface area contributed by atoms with E-state index in [1.807, 2.05) is 11.4 Å². The quantitative estimate of drug-likeness (QED) is 0.875. The summed E-state index contributed by atoms with van der Waals surface area (Å²) in [6.07, 6.45) is 2.63. The number of carboxylic acid groups (broad SMARTS) is 1. The summed E-state index contributed by atoms with van der Waals surface area (Å²) in [6.45, 7) is 4.04. The van der Waals surface area contributed by atoms with Crippen LogP contribution in [0.5, 0.6) is 0 Å². The number of carboxylic acids is 1. The van der Waals surface area contributed by atoms with Crippen LogP contribution in [0.15, 0.2) is 28.4 Å². The first kappa shape index (κ1) is 14.2. The van der Waals surface area contributed by atoms with Crippen LogP contribution in [-0.4, -0.2) is 20.6 Å². The predicted molar refractivity (Wildman–Crippen MR) is 78.1 cm³/mol. The second-order valence-corrected chi connectivity index (χ2v) is 5.38. The van der Waals surface area contributed by atoms with E-state index in [-0.39, 0.29) is 5.56 Å². The van der Waals surface area contributed by atoms with Gasteiger partial charge in [-0.25, -0.2) is 9.78 Å². The summed E-state index contributed by atoms with van der Waals surface area (Å²) < 4.78 is 1.60. The minimum absolute atomic E-state index is 0.0778. The molecule has 0 aromatic carbocycles. The lowest BCUT2D eigenvalue weighted by Gasteiger charge is -2.07. The number of hydrogen-bond donors (Lipinski definition) is 1. The highest BCUT2D eigenvalue weighted by atomic mass is 32.1. The molecule has 0 radical (unpaired) electrons. The highest BCUT2D eigenvalue weighted by Crippen LogP contribution is 2.17. The Morgan fingerprint density at radius 1 is 1.45 bits per heavy atom. The van der Waals surface area contributed by atoms with E-state index in [4.69, 9.17) is 5.11 Å². The first-order valence-corrected chi connectivity index (χ1v) is 6.87. The van der Waals surface area contributed by atoms with Crippen molar-refractivity contribution in [3.63, 3.8) is 0 Å². The van der Waals surface area contributed by atoms with E-state index < -0.39 is 5.97 Å². The summed E-state index contributed by atoms with van der Waals surface area (Å²) in [7, 11) is 0. The van der Waals surface area contributed by atoms with Gasteiger partial charge in [-0.2, -0.15) is 0 Å². The third-order valence-corrected chi connectivity index (χ3v) is 3.67. The molecule has 0 aliphatic heterocycles. The number of hydrogen-bond acceptors (Lipinski definition) is 4. The zero-order chi connectivity index (χ0) is 14.7. The molecule has 2 rings (SSSR count). The predicted octanol–water partition coefficient (Wildman–Crippen LogP) is 2.07. The fourth-order valence-electron chi connectivity index (χ4n) is 1.85. The number of aryl methyl sites for hydroxylation is 2. The molecule has 2 heterocycles. The molecular weight excluding hydrogens is 276 g/mol. The van der Waals surface area contributed by atoms with Crippen LogP contribution in [0.2, 0.25) is 0 Å². The van der Waals surface area contributed by atoms with Crippen molar-refractivity contribution in [3.8, 4) is 0 Å². The molecule has 5 nitrogen and oxygen atoms in total. The van der Waals surface area contributed by atoms with Crippen LogP contribution in [0.3, 0.4) is 0 Å². The molecule has 0 amide bonds. The highest BCUT2D eigenvalue weighted by Gasteiger charge is 2.05. The summed E-state index contributed by atoms with van der Waals surface area (Å²) in [5.41, 5.74) is 1.45. The third-order valence-electron chi connectivity index (χ3n) is 2.73. The van der Waals surface area contributed by atoms with Crippen LogP contribution in [0.25, 0.3) is 6.08 Å². The highest BCUT2D eigenvalue weighted by molar-refractivity contribution is 7.10. The first-order valence-electron chi connectivity index (χ1n) is 5.99. The number of carbonyl (C=O) groups is 1. The van der Waals surface area contributed by atoms with Crippen LogP contribution in [0.1, 0.15) is 22.0 Å². The molecule has 0 atom stereocenters. The molecule has 1 N–H and O–H groups in total. The third kappa shape index (κ3) is 3.42. The molecule has 0 bridgehead atoms. The molecule has 0 aliphatic carbocycles. The van der Waals surface area contributed by atoms with E-state index in [1.54, 1.807) is 18.4 Å². The fraction of sp³-hybridized carbons (Fsp3) is 0.214. The maximum absolute atomic E-state index is 11.9. The second kappa shape index (κ2) is 5.83. The summed E-state index contributed by atoms with van der Waals surface area (Å²) in [4.78, 5) is 27.6. The molecule has 2 aromatic rings. The minimum atomic E-state index is -0.979. The standard InChI is InChI=1S/C14H14N2O3S/c1-9-5-13(17)16(10(2)15-9)7-12-6-11(8-20-12)3-4-14(18)19/h3-6,8H,7H2,1-2H3,(H,18,19). The van der Waals surface area contributed by atoms with Gasteiger partial charge < -0.3 is 5.11 Å². The molecule has 0 aliphatic rings. The van der Waals surface area contributed by atoms with E-state index in [1.165, 1.54) is 23.5 Å². The number of aromatic nitrogens is 2. The van der Waals surface area contributed by atoms with Crippen LogP contribution >= 0.6 is 11.3 Å². The Balaban J connectivity index is 2.23. The van der Waals surface area contributed by atoms with E-state index >= 15 is 0 Å². The smallest absolute Gasteiger partial charge is 0.328 e. The van der Waals surface area contributed by atoms with E-state index in [0.29, 0.717) is 18.1 Å². The van der Waals surface area contributed by atoms with Crippen molar-refractivity contribution in [2.75, 3.05) is 0 Å². The lowest BCUT2D eigenvalue weighted by atomic mass is 10.3. The van der Waals surface area contributed by atoms with Crippen LogP contribution < -0.4 is 5.56 Å². The van der Waals surface area contributed by atoms with Crippen molar-refractivity contribution in [3.05, 3.63) is 55.9 Å². The van der Waals surface area contributed by atoms with Gasteiger partial charge in [-0.3, -0.25) is 9.36 Å². The topological polar surface area (TPSA) is 72.2 Å². The van der Waals surface area contributed by atoms with Crippen LogP contribution in [0.4, 0.5) is 0 Å². The molecule has 0 spiro atoms. The van der Waals surface area contributed by atoms with Gasteiger partial charge in [-0.1, -0.05) is 0 Å². The maximum atomic E-state index is 11.9. The molecule has 0 saturated carbocycles. The van der Waals surface area contributed by atoms with Crippen LogP contribution in [0, 0.1) is 13.8 Å². The van der Waals surface area contributed by atoms with Gasteiger partial charge in [0.2, 0.25) is 0 Å². The molecule has 104 valence electrons. The average molecular weight is 290 g/mol. The summed E-state index contributed by atoms with van der Waals surface area (Å²) in [5.74, 6) is -0.307. The van der Waals surface area contributed by atoms with Gasteiger partial charge in [-0.05, 0) is 36.9 Å². The number of aliphatic carboxylic acids is 1. The average Bonchev–Trinajstić information content (AvgIpc) is 2.79. The van der Waals surface area contributed by atoms with Crippen molar-refractivity contribution < 1.29 is 9.90 Å². The largest absolute Gasteiger partial charge is 0.478 e. The van der Waals surface area contributed by atoms with Gasteiger partial charge in [0, 0.05) is 22.7 Å². The zero-order valence-electron chi connectivity index (χ0n) is 11.2. The lowest BCUT2D eigenvalue weighted by Crippen LogP contribution is -2.23. The summed E-state index contributed by atoms with van der Waals surface area (Å²) in [5, 5.41) is 10.4. The van der Waals surface area contributed by atoms with Gasteiger partial charge in [0.1, 0.15) is 5.82 Å². The van der Waals surface area contributed by atoms with Crippen molar-refractivity contribution in [1.29, 1.82) is 0 Å². The van der Waals surface area contributed by atoms with Crippen LogP contribution in [-0.2, 0) is 11.3 Å². The Kier molecular flexibility index (Phi) is 4.14. The Morgan fingerprint density at radius 3 is 2.85 bits per heavy atom. The number of thiophene rings is 1. The molecule has 2 aromatic heterocycles. The maximum Gasteiger partial charge on any atom is 0.328 e.